The quantitative estimate of drug-likeness (QED) is 0.382. The number of nitro benzene ring substituents is 1. The zero-order valence-electron chi connectivity index (χ0n) is 10.7. The summed E-state index contributed by atoms with van der Waals surface area (Å²) < 4.78 is 25.9. The molecular formula is C13H11F2N3O2S. The third-order valence-electron chi connectivity index (χ3n) is 2.74. The van der Waals surface area contributed by atoms with Gasteiger partial charge in [0, 0.05) is 22.8 Å². The van der Waals surface area contributed by atoms with E-state index in [0.29, 0.717) is 21.9 Å². The van der Waals surface area contributed by atoms with Crippen molar-refractivity contribution in [2.75, 3.05) is 5.43 Å². The summed E-state index contributed by atoms with van der Waals surface area (Å²) in [4.78, 5) is 10.8. The highest BCUT2D eigenvalue weighted by molar-refractivity contribution is 7.98. The molecule has 0 aromatic heterocycles. The standard InChI is InChI=1S/C13H11F2N3O2S/c14-11-3-2-10(6-12(11)15)21-7-8-5-9(18(19)20)1-4-13(8)17-16/h1-6,17H,7,16H2. The van der Waals surface area contributed by atoms with Gasteiger partial charge in [0.2, 0.25) is 0 Å². The molecule has 0 atom stereocenters. The summed E-state index contributed by atoms with van der Waals surface area (Å²) in [6.07, 6.45) is 0. The number of hydrogen-bond donors (Lipinski definition) is 2. The number of nitrogens with one attached hydrogen (secondary N) is 1. The predicted octanol–water partition coefficient (Wildman–Crippen LogP) is 3.45. The molecule has 110 valence electrons. The summed E-state index contributed by atoms with van der Waals surface area (Å²) in [7, 11) is 0. The molecule has 8 heteroatoms. The second-order valence-corrected chi connectivity index (χ2v) is 5.16. The van der Waals surface area contributed by atoms with Gasteiger partial charge in [0.25, 0.3) is 5.69 Å². The van der Waals surface area contributed by atoms with Gasteiger partial charge in [-0.15, -0.1) is 11.8 Å². The van der Waals surface area contributed by atoms with Crippen LogP contribution < -0.4 is 11.3 Å². The second-order valence-electron chi connectivity index (χ2n) is 4.11. The van der Waals surface area contributed by atoms with Gasteiger partial charge in [0.1, 0.15) is 0 Å². The largest absolute Gasteiger partial charge is 0.324 e. The molecule has 0 saturated carbocycles. The lowest BCUT2D eigenvalue weighted by atomic mass is 10.2. The molecule has 0 aliphatic carbocycles. The van der Waals surface area contributed by atoms with Gasteiger partial charge >= 0.3 is 0 Å². The molecule has 0 amide bonds. The van der Waals surface area contributed by atoms with Crippen LogP contribution in [0.15, 0.2) is 41.3 Å². The number of halogens is 2. The van der Waals surface area contributed by atoms with Crippen molar-refractivity contribution in [3.05, 3.63) is 63.7 Å². The maximum atomic E-state index is 13.1. The number of rotatable bonds is 5. The second kappa shape index (κ2) is 6.51. The highest BCUT2D eigenvalue weighted by Crippen LogP contribution is 2.29. The van der Waals surface area contributed by atoms with Gasteiger partial charge < -0.3 is 5.43 Å². The number of thioether (sulfide) groups is 1. The number of benzene rings is 2. The Hall–Kier alpha value is -2.19. The Morgan fingerprint density at radius 2 is 1.95 bits per heavy atom. The van der Waals surface area contributed by atoms with Crippen LogP contribution in [0, 0.1) is 21.7 Å². The minimum Gasteiger partial charge on any atom is -0.324 e. The van der Waals surface area contributed by atoms with Crippen LogP contribution in [0.4, 0.5) is 20.2 Å². The van der Waals surface area contributed by atoms with Crippen LogP contribution in [-0.4, -0.2) is 4.92 Å². The fourth-order valence-electron chi connectivity index (χ4n) is 1.68. The SMILES string of the molecule is NNc1ccc([N+](=O)[O-])cc1CSc1ccc(F)c(F)c1. The molecule has 0 saturated heterocycles. The van der Waals surface area contributed by atoms with Gasteiger partial charge in [-0.05, 0) is 29.8 Å². The van der Waals surface area contributed by atoms with E-state index in [0.717, 1.165) is 12.1 Å². The molecule has 2 aromatic carbocycles. The zero-order valence-corrected chi connectivity index (χ0v) is 11.5. The first-order valence-corrected chi connectivity index (χ1v) is 6.81. The van der Waals surface area contributed by atoms with E-state index in [1.54, 1.807) is 0 Å². The average molecular weight is 311 g/mol. The van der Waals surface area contributed by atoms with Crippen LogP contribution in [0.2, 0.25) is 0 Å². The van der Waals surface area contributed by atoms with Crippen molar-refractivity contribution in [2.45, 2.75) is 10.6 Å². The van der Waals surface area contributed by atoms with Gasteiger partial charge in [-0.1, -0.05) is 0 Å². The lowest BCUT2D eigenvalue weighted by molar-refractivity contribution is -0.384. The third-order valence-corrected chi connectivity index (χ3v) is 3.78. The molecule has 5 nitrogen and oxygen atoms in total. The molecule has 0 fully saturated rings. The van der Waals surface area contributed by atoms with Crippen LogP contribution in [0.25, 0.3) is 0 Å². The topological polar surface area (TPSA) is 81.2 Å². The number of non-ortho nitro benzene ring substituents is 1. The summed E-state index contributed by atoms with van der Waals surface area (Å²) in [6, 6.07) is 7.78. The third kappa shape index (κ3) is 3.67. The summed E-state index contributed by atoms with van der Waals surface area (Å²) in [6.45, 7) is 0. The Bertz CT molecular complexity index is 682. The number of nitrogen functional groups attached to an aromatic ring is 1. The summed E-state index contributed by atoms with van der Waals surface area (Å²) in [5, 5.41) is 10.8. The van der Waals surface area contributed by atoms with Crippen molar-refractivity contribution in [3.63, 3.8) is 0 Å². The average Bonchev–Trinajstić information content (AvgIpc) is 2.48. The molecule has 0 heterocycles. The highest BCUT2D eigenvalue weighted by atomic mass is 32.2. The Kier molecular flexibility index (Phi) is 4.71. The Morgan fingerprint density at radius 3 is 2.57 bits per heavy atom. The van der Waals surface area contributed by atoms with Gasteiger partial charge in [0.05, 0.1) is 10.6 Å². The van der Waals surface area contributed by atoms with Crippen molar-refractivity contribution >= 4 is 23.1 Å². The summed E-state index contributed by atoms with van der Waals surface area (Å²) >= 11 is 1.22. The van der Waals surface area contributed by atoms with E-state index in [2.05, 4.69) is 5.43 Å². The fourth-order valence-corrected chi connectivity index (χ4v) is 2.59. The molecule has 2 aromatic rings. The highest BCUT2D eigenvalue weighted by Gasteiger charge is 2.11. The van der Waals surface area contributed by atoms with Crippen LogP contribution in [-0.2, 0) is 5.75 Å². The molecule has 21 heavy (non-hydrogen) atoms. The van der Waals surface area contributed by atoms with Crippen LogP contribution in [0.1, 0.15) is 5.56 Å². The van der Waals surface area contributed by atoms with Crippen molar-refractivity contribution in [3.8, 4) is 0 Å². The van der Waals surface area contributed by atoms with E-state index in [-0.39, 0.29) is 5.69 Å². The van der Waals surface area contributed by atoms with E-state index in [1.165, 1.54) is 36.0 Å². The first kappa shape index (κ1) is 15.2. The maximum absolute atomic E-state index is 13.1. The molecule has 0 unspecified atom stereocenters. The summed E-state index contributed by atoms with van der Waals surface area (Å²) in [5.41, 5.74) is 3.52. The predicted molar refractivity (Wildman–Crippen MR) is 76.8 cm³/mol. The van der Waals surface area contributed by atoms with Gasteiger partial charge in [-0.3, -0.25) is 16.0 Å². The van der Waals surface area contributed by atoms with E-state index in [4.69, 9.17) is 5.84 Å². The monoisotopic (exact) mass is 311 g/mol. The van der Waals surface area contributed by atoms with Gasteiger partial charge in [-0.25, -0.2) is 8.78 Å². The molecule has 3 N–H and O–H groups in total. The van der Waals surface area contributed by atoms with E-state index in [1.807, 2.05) is 0 Å². The Balaban J connectivity index is 2.19. The van der Waals surface area contributed by atoms with Gasteiger partial charge in [0.15, 0.2) is 11.6 Å². The maximum Gasteiger partial charge on any atom is 0.269 e. The van der Waals surface area contributed by atoms with Crippen molar-refractivity contribution in [1.29, 1.82) is 0 Å². The molecular weight excluding hydrogens is 300 g/mol. The Morgan fingerprint density at radius 1 is 1.19 bits per heavy atom. The lowest BCUT2D eigenvalue weighted by Gasteiger charge is -2.08. The Labute approximate surface area is 123 Å². The minimum atomic E-state index is -0.934. The van der Waals surface area contributed by atoms with Crippen LogP contribution in [0.3, 0.4) is 0 Å². The number of hydrogen-bond acceptors (Lipinski definition) is 5. The van der Waals surface area contributed by atoms with Crippen LogP contribution in [0.5, 0.6) is 0 Å². The molecule has 0 radical (unpaired) electrons. The van der Waals surface area contributed by atoms with E-state index < -0.39 is 16.6 Å². The van der Waals surface area contributed by atoms with Crippen molar-refractivity contribution in [1.82, 2.24) is 0 Å². The molecule has 0 spiro atoms. The minimum absolute atomic E-state index is 0.0603. The zero-order chi connectivity index (χ0) is 15.4. The fraction of sp³-hybridized carbons (Fsp3) is 0.0769. The number of nitrogens with zero attached hydrogens (tertiary/aromatic N) is 1. The molecule has 0 aliphatic heterocycles. The van der Waals surface area contributed by atoms with E-state index >= 15 is 0 Å². The number of hydrazine groups is 1. The molecule has 2 rings (SSSR count). The first-order chi connectivity index (χ1) is 10.0. The smallest absolute Gasteiger partial charge is 0.269 e. The van der Waals surface area contributed by atoms with Crippen molar-refractivity contribution in [2.24, 2.45) is 5.84 Å². The molecule has 0 bridgehead atoms. The number of nitro groups is 1. The normalized spacial score (nSPS) is 10.4. The van der Waals surface area contributed by atoms with Crippen molar-refractivity contribution < 1.29 is 13.7 Å². The van der Waals surface area contributed by atoms with Crippen LogP contribution >= 0.6 is 11.8 Å². The number of anilines is 1. The van der Waals surface area contributed by atoms with Gasteiger partial charge in [-0.2, -0.15) is 0 Å². The molecule has 0 aliphatic rings. The first-order valence-electron chi connectivity index (χ1n) is 5.83. The number of nitrogens with two attached hydrogens (primary N) is 1. The lowest BCUT2D eigenvalue weighted by Crippen LogP contribution is -2.09. The summed E-state index contributed by atoms with van der Waals surface area (Å²) in [5.74, 6) is 3.83. The van der Waals surface area contributed by atoms with E-state index in [9.17, 15) is 18.9 Å².